The summed E-state index contributed by atoms with van der Waals surface area (Å²) in [6, 6.07) is 4.23. The highest BCUT2D eigenvalue weighted by atomic mass is 32.2. The van der Waals surface area contributed by atoms with Gasteiger partial charge in [-0.05, 0) is 30.2 Å². The molecule has 1 aromatic heterocycles. The quantitative estimate of drug-likeness (QED) is 0.536. The molecule has 1 amide bonds. The van der Waals surface area contributed by atoms with E-state index in [9.17, 15) is 26.4 Å². The van der Waals surface area contributed by atoms with Crippen LogP contribution in [0.5, 0.6) is 0 Å². The lowest BCUT2D eigenvalue weighted by atomic mass is 10.1. The van der Waals surface area contributed by atoms with Crippen LogP contribution in [0.3, 0.4) is 0 Å². The second-order valence-electron chi connectivity index (χ2n) is 8.66. The van der Waals surface area contributed by atoms with Crippen LogP contribution < -0.4 is 20.8 Å². The number of fused-ring (bicyclic) bond motifs is 3. The fraction of sp³-hybridized carbons (Fsp3) is 0.364. The molecule has 0 saturated heterocycles. The van der Waals surface area contributed by atoms with Gasteiger partial charge in [-0.2, -0.15) is 22.3 Å². The molecule has 4 heterocycles. The number of aromatic nitrogens is 2. The Morgan fingerprint density at radius 2 is 2.05 bits per heavy atom. The molecule has 1 aromatic carbocycles. The zero-order valence-corrected chi connectivity index (χ0v) is 21.2. The number of hydrogen-bond acceptors (Lipinski definition) is 9. The number of carbonyl (C=O) groups is 1. The van der Waals surface area contributed by atoms with Crippen molar-refractivity contribution in [3.8, 4) is 0 Å². The molecule has 38 heavy (non-hydrogen) atoms. The maximum absolute atomic E-state index is 14.9. The number of hydrazone groups is 1. The number of nitrogens with zero attached hydrogens (tertiary/aromatic N) is 7. The lowest BCUT2D eigenvalue weighted by Crippen LogP contribution is -2.46. The van der Waals surface area contributed by atoms with Crippen molar-refractivity contribution in [3.05, 3.63) is 47.0 Å². The highest BCUT2D eigenvalue weighted by Gasteiger charge is 2.44. The molecule has 0 aliphatic carbocycles. The van der Waals surface area contributed by atoms with Crippen molar-refractivity contribution in [2.45, 2.75) is 32.1 Å². The Morgan fingerprint density at radius 3 is 2.71 bits per heavy atom. The highest BCUT2D eigenvalue weighted by Crippen LogP contribution is 2.28. The van der Waals surface area contributed by atoms with E-state index >= 15 is 0 Å². The Balaban J connectivity index is 1.27. The van der Waals surface area contributed by atoms with E-state index in [0.717, 1.165) is 6.34 Å². The van der Waals surface area contributed by atoms with Crippen molar-refractivity contribution in [1.29, 1.82) is 0 Å². The van der Waals surface area contributed by atoms with Crippen LogP contribution in [0.25, 0.3) is 6.20 Å². The molecule has 2 N–H and O–H groups in total. The maximum atomic E-state index is 14.9. The molecule has 16 heteroatoms. The summed E-state index contributed by atoms with van der Waals surface area (Å²) in [5.74, 6) is 0.168. The average Bonchev–Trinajstić information content (AvgIpc) is 3.51. The first kappa shape index (κ1) is 25.7. The van der Waals surface area contributed by atoms with Crippen LogP contribution in [0.1, 0.15) is 35.6 Å². The zero-order chi connectivity index (χ0) is 27.2. The first-order valence-electron chi connectivity index (χ1n) is 11.7. The Hall–Kier alpha value is -3.92. The fourth-order valence-corrected chi connectivity index (χ4v) is 5.07. The largest absolute Gasteiger partial charge is 0.361 e. The molecule has 0 atom stereocenters. The molecule has 2 aromatic rings. The minimum atomic E-state index is -4.90. The number of imidazole rings is 1. The van der Waals surface area contributed by atoms with Crippen LogP contribution in [0.2, 0.25) is 0 Å². The van der Waals surface area contributed by atoms with Crippen molar-refractivity contribution in [2.75, 3.05) is 29.8 Å². The summed E-state index contributed by atoms with van der Waals surface area (Å²) in [6.45, 7) is 2.16. The lowest BCUT2D eigenvalue weighted by Gasteiger charge is -2.30. The molecule has 0 fully saturated rings. The third kappa shape index (κ3) is 4.38. The molecular weight excluding hydrogens is 527 g/mol. The zero-order valence-electron chi connectivity index (χ0n) is 20.4. The van der Waals surface area contributed by atoms with Crippen molar-refractivity contribution >= 4 is 45.9 Å². The van der Waals surface area contributed by atoms with E-state index in [0.29, 0.717) is 46.1 Å². The van der Waals surface area contributed by atoms with Crippen molar-refractivity contribution in [1.82, 2.24) is 24.6 Å². The number of carbonyl (C=O) groups excluding carboxylic acids is 1. The van der Waals surface area contributed by atoms with Gasteiger partial charge in [-0.15, -0.1) is 0 Å². The number of amidine groups is 1. The first-order chi connectivity index (χ1) is 18.0. The number of aliphatic imine (C=N–C) groups is 1. The smallest absolute Gasteiger partial charge is 0.347 e. The summed E-state index contributed by atoms with van der Waals surface area (Å²) >= 11 is 0. The number of hydrazine groups is 1. The van der Waals surface area contributed by atoms with Crippen LogP contribution in [0, 0.1) is 5.82 Å². The minimum absolute atomic E-state index is 0.0267. The van der Waals surface area contributed by atoms with Gasteiger partial charge >= 0.3 is 15.3 Å². The number of alkyl halides is 2. The average molecular weight is 552 g/mol. The number of benzene rings is 1. The molecule has 0 unspecified atom stereocenters. The second kappa shape index (κ2) is 9.43. The van der Waals surface area contributed by atoms with E-state index in [-0.39, 0.29) is 38.2 Å². The van der Waals surface area contributed by atoms with Crippen molar-refractivity contribution < 1.29 is 26.4 Å². The minimum Gasteiger partial charge on any atom is -0.347 e. The predicted octanol–water partition coefficient (Wildman–Crippen LogP) is 1.69. The van der Waals surface area contributed by atoms with Gasteiger partial charge in [-0.3, -0.25) is 18.7 Å². The summed E-state index contributed by atoms with van der Waals surface area (Å²) in [5.41, 5.74) is 4.54. The van der Waals surface area contributed by atoms with E-state index in [4.69, 9.17) is 0 Å². The van der Waals surface area contributed by atoms with Gasteiger partial charge in [0.15, 0.2) is 0 Å². The van der Waals surface area contributed by atoms with Gasteiger partial charge in [0, 0.05) is 19.7 Å². The maximum Gasteiger partial charge on any atom is 0.361 e. The molecule has 12 nitrogen and oxygen atoms in total. The van der Waals surface area contributed by atoms with E-state index in [2.05, 4.69) is 25.8 Å². The SMILES string of the molecule is CCc1nc2n(c1C(=O)NCc1ccc(N3CCN(S(=O)(=O)C(C)(F)F)C=N3)c(F)c1)C=CC1=NCNN12. The molecular formula is C22H24F3N9O3S. The first-order valence-corrected chi connectivity index (χ1v) is 13.1. The molecule has 0 bridgehead atoms. The second-order valence-corrected chi connectivity index (χ2v) is 10.8. The number of anilines is 2. The molecule has 0 radical (unpaired) electrons. The molecule has 5 rings (SSSR count). The van der Waals surface area contributed by atoms with Crippen LogP contribution in [0.4, 0.5) is 24.8 Å². The molecule has 0 spiro atoms. The van der Waals surface area contributed by atoms with Crippen molar-refractivity contribution in [3.63, 3.8) is 0 Å². The van der Waals surface area contributed by atoms with Crippen molar-refractivity contribution in [2.24, 2.45) is 10.1 Å². The summed E-state index contributed by atoms with van der Waals surface area (Å²) < 4.78 is 67.6. The summed E-state index contributed by atoms with van der Waals surface area (Å²) in [5, 5.41) is 5.53. The van der Waals surface area contributed by atoms with Crippen LogP contribution >= 0.6 is 0 Å². The Bertz CT molecular complexity index is 1480. The number of amides is 1. The fourth-order valence-electron chi connectivity index (χ4n) is 4.17. The van der Waals surface area contributed by atoms with Gasteiger partial charge in [0.2, 0.25) is 5.95 Å². The number of hydrogen-bond donors (Lipinski definition) is 2. The van der Waals surface area contributed by atoms with Gasteiger partial charge in [-0.25, -0.2) is 24.8 Å². The topological polar surface area (TPSA) is 128 Å². The van der Waals surface area contributed by atoms with Gasteiger partial charge in [0.1, 0.15) is 30.4 Å². The van der Waals surface area contributed by atoms with Gasteiger partial charge in [0.05, 0.1) is 24.5 Å². The van der Waals surface area contributed by atoms with Gasteiger partial charge in [-0.1, -0.05) is 13.0 Å². The normalized spacial score (nSPS) is 17.0. The van der Waals surface area contributed by atoms with Crippen LogP contribution in [-0.2, 0) is 23.0 Å². The van der Waals surface area contributed by atoms with E-state index in [1.165, 1.54) is 17.1 Å². The molecule has 202 valence electrons. The van der Waals surface area contributed by atoms with Crippen LogP contribution in [0.15, 0.2) is 34.4 Å². The summed E-state index contributed by atoms with van der Waals surface area (Å²) in [7, 11) is -4.90. The standard InChI is InChI=1S/C22H24F3N9O3S/c1-3-16-19(32-7-6-18-27-12-28-34(18)21(32)30-16)20(35)26-11-14-4-5-17(15(23)10-14)33-9-8-31(13-29-33)38(36,37)22(2,24)25/h4-7,10,13,28H,3,8-9,11-12H2,1-2H3,(H,26,35). The van der Waals surface area contributed by atoms with Gasteiger partial charge < -0.3 is 5.32 Å². The number of rotatable bonds is 7. The third-order valence-corrected chi connectivity index (χ3v) is 7.94. The van der Waals surface area contributed by atoms with E-state index < -0.39 is 21.1 Å². The van der Waals surface area contributed by atoms with E-state index in [1.54, 1.807) is 27.9 Å². The molecule has 0 saturated carbocycles. The monoisotopic (exact) mass is 551 g/mol. The Morgan fingerprint density at radius 1 is 1.26 bits per heavy atom. The van der Waals surface area contributed by atoms with E-state index in [1.807, 2.05) is 6.92 Å². The lowest BCUT2D eigenvalue weighted by molar-refractivity contribution is 0.0943. The van der Waals surface area contributed by atoms with Crippen LogP contribution in [-0.4, -0.2) is 65.4 Å². The highest BCUT2D eigenvalue weighted by molar-refractivity contribution is 7.90. The Kier molecular flexibility index (Phi) is 6.38. The number of sulfonamides is 1. The predicted molar refractivity (Wildman–Crippen MR) is 135 cm³/mol. The number of nitrogens with one attached hydrogen (secondary N) is 2. The summed E-state index contributed by atoms with van der Waals surface area (Å²) in [4.78, 5) is 22.0. The van der Waals surface area contributed by atoms with Gasteiger partial charge in [0.25, 0.3) is 5.91 Å². The summed E-state index contributed by atoms with van der Waals surface area (Å²) in [6.07, 6.45) is 4.75. The molecule has 3 aliphatic rings. The number of halogens is 3. The molecule has 3 aliphatic heterocycles. The number of aryl methyl sites for hydroxylation is 1. The Labute approximate surface area is 216 Å². The third-order valence-electron chi connectivity index (χ3n) is 6.14.